The van der Waals surface area contributed by atoms with Gasteiger partial charge in [-0.3, -0.25) is 28.6 Å². The molecule has 1 aromatic carbocycles. The number of carbonyl (C=O) groups is 4. The van der Waals surface area contributed by atoms with E-state index in [9.17, 15) is 32.1 Å². The zero-order chi connectivity index (χ0) is 22.0. The Morgan fingerprint density at radius 3 is 2.03 bits per heavy atom. The normalized spacial score (nSPS) is 15.7. The molecule has 0 aromatic heterocycles. The second-order valence-electron chi connectivity index (χ2n) is 6.50. The van der Waals surface area contributed by atoms with Gasteiger partial charge in [0.25, 0.3) is 10.1 Å². The molecule has 0 spiro atoms. The van der Waals surface area contributed by atoms with Gasteiger partial charge >= 0.3 is 11.9 Å². The molecule has 0 saturated heterocycles. The standard InChI is InChI=1S/C17H18N2O9S/c1-10-2-3-12(29(26,27)28)11(6-10)18-17(13(20)4-5-14(17)21)9-19(7-15(22)23)8-16(24)25/h2-6,18H,7-9H2,1H3,(H,22,23)(H,24,25)(H,26,27,28). The number of hydrogen-bond acceptors (Lipinski definition) is 8. The number of benzene rings is 1. The number of aryl methyl sites for hydroxylation is 1. The van der Waals surface area contributed by atoms with Crippen molar-refractivity contribution in [2.24, 2.45) is 0 Å². The molecule has 0 amide bonds. The van der Waals surface area contributed by atoms with E-state index < -0.39 is 63.7 Å². The van der Waals surface area contributed by atoms with Crippen molar-refractivity contribution in [3.63, 3.8) is 0 Å². The van der Waals surface area contributed by atoms with Crippen LogP contribution in [0.3, 0.4) is 0 Å². The minimum atomic E-state index is -4.73. The molecule has 0 atom stereocenters. The first-order chi connectivity index (χ1) is 13.3. The molecule has 29 heavy (non-hydrogen) atoms. The molecule has 0 unspecified atom stereocenters. The van der Waals surface area contributed by atoms with Gasteiger partial charge in [0.1, 0.15) is 4.90 Å². The highest BCUT2D eigenvalue weighted by Gasteiger charge is 2.49. The Kier molecular flexibility index (Phi) is 6.21. The number of rotatable bonds is 9. The van der Waals surface area contributed by atoms with Gasteiger partial charge in [-0.25, -0.2) is 0 Å². The molecule has 0 heterocycles. The molecule has 0 aliphatic heterocycles. The minimum absolute atomic E-state index is 0.261. The summed E-state index contributed by atoms with van der Waals surface area (Å²) < 4.78 is 32.8. The first kappa shape index (κ1) is 22.2. The van der Waals surface area contributed by atoms with E-state index in [1.165, 1.54) is 12.1 Å². The highest BCUT2D eigenvalue weighted by molar-refractivity contribution is 7.86. The Morgan fingerprint density at radius 2 is 1.59 bits per heavy atom. The summed E-state index contributed by atoms with van der Waals surface area (Å²) in [6.07, 6.45) is 1.86. The van der Waals surface area contributed by atoms with E-state index in [-0.39, 0.29) is 5.69 Å². The van der Waals surface area contributed by atoms with Crippen LogP contribution in [0.15, 0.2) is 35.2 Å². The van der Waals surface area contributed by atoms with E-state index in [2.05, 4.69) is 5.32 Å². The van der Waals surface area contributed by atoms with Crippen LogP contribution in [0.25, 0.3) is 0 Å². The number of carbonyl (C=O) groups excluding carboxylic acids is 2. The van der Waals surface area contributed by atoms with E-state index in [0.717, 1.165) is 23.1 Å². The number of ketones is 2. The van der Waals surface area contributed by atoms with Gasteiger partial charge in [0.15, 0.2) is 17.1 Å². The summed E-state index contributed by atoms with van der Waals surface area (Å²) in [5, 5.41) is 20.5. The Balaban J connectivity index is 2.54. The molecule has 12 heteroatoms. The summed E-state index contributed by atoms with van der Waals surface area (Å²) in [6, 6.07) is 3.74. The van der Waals surface area contributed by atoms with Gasteiger partial charge in [-0.2, -0.15) is 8.42 Å². The third kappa shape index (κ3) is 5.04. The van der Waals surface area contributed by atoms with Crippen LogP contribution >= 0.6 is 0 Å². The highest BCUT2D eigenvalue weighted by Crippen LogP contribution is 2.30. The summed E-state index contributed by atoms with van der Waals surface area (Å²) in [4.78, 5) is 47.5. The van der Waals surface area contributed by atoms with Crippen molar-refractivity contribution in [1.29, 1.82) is 0 Å². The first-order valence-corrected chi connectivity index (χ1v) is 9.58. The van der Waals surface area contributed by atoms with Crippen LogP contribution in [0.1, 0.15) is 5.56 Å². The third-order valence-corrected chi connectivity index (χ3v) is 5.08. The molecule has 0 saturated carbocycles. The monoisotopic (exact) mass is 426 g/mol. The maximum Gasteiger partial charge on any atom is 0.317 e. The summed E-state index contributed by atoms with van der Waals surface area (Å²) in [7, 11) is -4.73. The number of aliphatic carboxylic acids is 2. The molecule has 2 rings (SSSR count). The molecule has 4 N–H and O–H groups in total. The Morgan fingerprint density at radius 1 is 1.07 bits per heavy atom. The number of nitrogens with one attached hydrogen (secondary N) is 1. The van der Waals surface area contributed by atoms with Gasteiger partial charge in [0, 0.05) is 6.54 Å². The molecule has 0 radical (unpaired) electrons. The van der Waals surface area contributed by atoms with E-state index in [1.54, 1.807) is 6.92 Å². The lowest BCUT2D eigenvalue weighted by Crippen LogP contribution is -2.58. The molecule has 156 valence electrons. The SMILES string of the molecule is Cc1ccc(S(=O)(=O)O)c(NC2(CN(CC(=O)O)CC(=O)O)C(=O)C=CC2=O)c1. The van der Waals surface area contributed by atoms with E-state index >= 15 is 0 Å². The third-order valence-electron chi connectivity index (χ3n) is 4.17. The number of hydrogen-bond donors (Lipinski definition) is 4. The van der Waals surface area contributed by atoms with Crippen molar-refractivity contribution in [3.05, 3.63) is 35.9 Å². The molecule has 1 aliphatic carbocycles. The fourth-order valence-electron chi connectivity index (χ4n) is 2.96. The minimum Gasteiger partial charge on any atom is -0.480 e. The Hall–Kier alpha value is -3.09. The smallest absolute Gasteiger partial charge is 0.317 e. The number of anilines is 1. The number of carboxylic acid groups (broad SMARTS) is 2. The Labute approximate surface area is 165 Å². The maximum absolute atomic E-state index is 12.6. The van der Waals surface area contributed by atoms with Crippen molar-refractivity contribution in [3.8, 4) is 0 Å². The Bertz CT molecular complexity index is 980. The van der Waals surface area contributed by atoms with Gasteiger partial charge in [-0.15, -0.1) is 0 Å². The van der Waals surface area contributed by atoms with Crippen molar-refractivity contribution >= 4 is 39.3 Å². The zero-order valence-corrected chi connectivity index (χ0v) is 16.0. The van der Waals surface area contributed by atoms with Crippen LogP contribution < -0.4 is 5.32 Å². The molecule has 11 nitrogen and oxygen atoms in total. The van der Waals surface area contributed by atoms with Gasteiger partial charge in [0.2, 0.25) is 0 Å². The predicted molar refractivity (Wildman–Crippen MR) is 98.2 cm³/mol. The summed E-state index contributed by atoms with van der Waals surface area (Å²) in [5.41, 5.74) is -1.88. The van der Waals surface area contributed by atoms with Crippen LogP contribution in [0.4, 0.5) is 5.69 Å². The fraction of sp³-hybridized carbons (Fsp3) is 0.294. The van der Waals surface area contributed by atoms with Crippen LogP contribution in [0, 0.1) is 6.92 Å². The van der Waals surface area contributed by atoms with Gasteiger partial charge in [-0.1, -0.05) is 6.07 Å². The zero-order valence-electron chi connectivity index (χ0n) is 15.2. The van der Waals surface area contributed by atoms with Crippen molar-refractivity contribution in [2.45, 2.75) is 17.4 Å². The molecule has 1 aromatic rings. The van der Waals surface area contributed by atoms with E-state index in [4.69, 9.17) is 10.2 Å². The summed E-state index contributed by atoms with van der Waals surface area (Å²) in [5.74, 6) is -4.40. The van der Waals surface area contributed by atoms with Crippen molar-refractivity contribution < 1.29 is 42.4 Å². The molecule has 0 bridgehead atoms. The molecule has 1 aliphatic rings. The summed E-state index contributed by atoms with van der Waals surface area (Å²) >= 11 is 0. The highest BCUT2D eigenvalue weighted by atomic mass is 32.2. The van der Waals surface area contributed by atoms with Crippen LogP contribution in [0.2, 0.25) is 0 Å². The van der Waals surface area contributed by atoms with Gasteiger partial charge in [-0.05, 0) is 36.8 Å². The lowest BCUT2D eigenvalue weighted by molar-refractivity contribution is -0.143. The van der Waals surface area contributed by atoms with E-state index in [0.29, 0.717) is 5.56 Å². The van der Waals surface area contributed by atoms with Crippen molar-refractivity contribution in [1.82, 2.24) is 4.90 Å². The lowest BCUT2D eigenvalue weighted by Gasteiger charge is -2.33. The average molecular weight is 426 g/mol. The average Bonchev–Trinajstić information content (AvgIpc) is 2.81. The van der Waals surface area contributed by atoms with Crippen LogP contribution in [0.5, 0.6) is 0 Å². The van der Waals surface area contributed by atoms with Gasteiger partial charge < -0.3 is 15.5 Å². The predicted octanol–water partition coefficient (Wildman–Crippen LogP) is -0.428. The number of nitrogens with zero attached hydrogens (tertiary/aromatic N) is 1. The second-order valence-corrected chi connectivity index (χ2v) is 7.89. The summed E-state index contributed by atoms with van der Waals surface area (Å²) in [6.45, 7) is -0.622. The maximum atomic E-state index is 12.6. The van der Waals surface area contributed by atoms with Gasteiger partial charge in [0.05, 0.1) is 18.8 Å². The van der Waals surface area contributed by atoms with E-state index in [1.807, 2.05) is 0 Å². The van der Waals surface area contributed by atoms with Crippen LogP contribution in [-0.2, 0) is 29.3 Å². The van der Waals surface area contributed by atoms with Crippen molar-refractivity contribution in [2.75, 3.05) is 25.0 Å². The topological polar surface area (TPSA) is 178 Å². The second kappa shape index (κ2) is 8.11. The fourth-order valence-corrected chi connectivity index (χ4v) is 3.59. The number of carboxylic acids is 2. The molecule has 0 fully saturated rings. The first-order valence-electron chi connectivity index (χ1n) is 8.14. The van der Waals surface area contributed by atoms with Crippen LogP contribution in [-0.4, -0.2) is 76.8 Å². The molecular weight excluding hydrogens is 408 g/mol. The molecular formula is C17H18N2O9S. The quantitative estimate of drug-likeness (QED) is 0.297. The largest absolute Gasteiger partial charge is 0.480 e. The lowest BCUT2D eigenvalue weighted by atomic mass is 9.92.